The minimum absolute atomic E-state index is 0.159. The van der Waals surface area contributed by atoms with Crippen molar-refractivity contribution in [1.29, 1.82) is 0 Å². The Morgan fingerprint density at radius 1 is 1.07 bits per heavy atom. The first-order valence-electron chi connectivity index (χ1n) is 8.25. The fourth-order valence-electron chi connectivity index (χ4n) is 3.04. The zero-order valence-corrected chi connectivity index (χ0v) is 18.1. The fourth-order valence-corrected chi connectivity index (χ4v) is 4.64. The molecule has 27 heavy (non-hydrogen) atoms. The van der Waals surface area contributed by atoms with Gasteiger partial charge in [0, 0.05) is 10.7 Å². The summed E-state index contributed by atoms with van der Waals surface area (Å²) in [6.07, 6.45) is 1.02. The number of aryl methyl sites for hydroxylation is 3. The normalized spacial score (nSPS) is 12.6. The molecule has 0 heterocycles. The van der Waals surface area contributed by atoms with Crippen LogP contribution in [0.2, 0.25) is 10.0 Å². The number of carbonyl (C=O) groups excluding carboxylic acids is 1. The Bertz CT molecular complexity index is 967. The molecule has 2 aromatic rings. The lowest BCUT2D eigenvalue weighted by molar-refractivity contribution is -0.116. The molecule has 1 N–H and O–H groups in total. The van der Waals surface area contributed by atoms with Crippen molar-refractivity contribution in [1.82, 2.24) is 0 Å². The van der Waals surface area contributed by atoms with Crippen LogP contribution in [0.5, 0.6) is 0 Å². The van der Waals surface area contributed by atoms with Crippen molar-refractivity contribution >= 4 is 50.5 Å². The number of nitrogens with zero attached hydrogens (tertiary/aromatic N) is 1. The highest BCUT2D eigenvalue weighted by Crippen LogP contribution is 2.32. The second-order valence-corrected chi connectivity index (χ2v) is 9.30. The number of rotatable bonds is 5. The van der Waals surface area contributed by atoms with Gasteiger partial charge in [-0.05, 0) is 57.0 Å². The average Bonchev–Trinajstić information content (AvgIpc) is 2.52. The van der Waals surface area contributed by atoms with E-state index < -0.39 is 22.0 Å². The lowest BCUT2D eigenvalue weighted by Crippen LogP contribution is -2.45. The second-order valence-electron chi connectivity index (χ2n) is 6.59. The van der Waals surface area contributed by atoms with Crippen molar-refractivity contribution in [2.75, 3.05) is 15.9 Å². The number of nitrogens with one attached hydrogen (secondary N) is 1. The monoisotopic (exact) mass is 428 g/mol. The third kappa shape index (κ3) is 4.94. The van der Waals surface area contributed by atoms with Crippen LogP contribution in [0.25, 0.3) is 0 Å². The van der Waals surface area contributed by atoms with Crippen molar-refractivity contribution in [3.05, 3.63) is 57.1 Å². The Kier molecular flexibility index (Phi) is 6.45. The third-order valence-electron chi connectivity index (χ3n) is 4.16. The van der Waals surface area contributed by atoms with Crippen LogP contribution >= 0.6 is 23.2 Å². The van der Waals surface area contributed by atoms with Crippen LogP contribution < -0.4 is 9.62 Å². The molecule has 0 aliphatic rings. The predicted octanol–water partition coefficient (Wildman–Crippen LogP) is 4.71. The maximum Gasteiger partial charge on any atom is 0.248 e. The number of hydrogen-bond donors (Lipinski definition) is 1. The SMILES string of the molecule is Cc1cc(C)c(NC(=O)[C@H](C)N(c2cc(Cl)ccc2Cl)S(C)(=O)=O)c(C)c1. The number of halogens is 2. The molecule has 0 saturated heterocycles. The van der Waals surface area contributed by atoms with Crippen molar-refractivity contribution in [3.63, 3.8) is 0 Å². The molecule has 0 fully saturated rings. The Morgan fingerprint density at radius 2 is 1.63 bits per heavy atom. The molecule has 0 aliphatic heterocycles. The van der Waals surface area contributed by atoms with E-state index in [1.54, 1.807) is 6.07 Å². The molecule has 8 heteroatoms. The summed E-state index contributed by atoms with van der Waals surface area (Å²) in [5.41, 5.74) is 3.72. The van der Waals surface area contributed by atoms with E-state index in [2.05, 4.69) is 5.32 Å². The molecule has 2 aromatic carbocycles. The molecular weight excluding hydrogens is 407 g/mol. The van der Waals surface area contributed by atoms with Gasteiger partial charge in [-0.25, -0.2) is 8.42 Å². The fraction of sp³-hybridized carbons (Fsp3) is 0.316. The first kappa shape index (κ1) is 21.5. The van der Waals surface area contributed by atoms with Crippen LogP contribution in [0.4, 0.5) is 11.4 Å². The van der Waals surface area contributed by atoms with Crippen LogP contribution in [-0.2, 0) is 14.8 Å². The first-order chi connectivity index (χ1) is 12.4. The van der Waals surface area contributed by atoms with E-state index in [0.717, 1.165) is 27.3 Å². The number of benzene rings is 2. The van der Waals surface area contributed by atoms with Gasteiger partial charge in [0.05, 0.1) is 17.0 Å². The van der Waals surface area contributed by atoms with Gasteiger partial charge in [0.15, 0.2) is 0 Å². The van der Waals surface area contributed by atoms with Gasteiger partial charge in [-0.3, -0.25) is 9.10 Å². The summed E-state index contributed by atoms with van der Waals surface area (Å²) in [6.45, 7) is 7.26. The maximum absolute atomic E-state index is 12.9. The molecule has 146 valence electrons. The van der Waals surface area contributed by atoms with Gasteiger partial charge in [0.2, 0.25) is 15.9 Å². The predicted molar refractivity (Wildman–Crippen MR) is 113 cm³/mol. The van der Waals surface area contributed by atoms with Crippen LogP contribution in [0.3, 0.4) is 0 Å². The van der Waals surface area contributed by atoms with Gasteiger partial charge in [-0.1, -0.05) is 40.9 Å². The van der Waals surface area contributed by atoms with Gasteiger partial charge in [0.1, 0.15) is 6.04 Å². The molecule has 0 unspecified atom stereocenters. The summed E-state index contributed by atoms with van der Waals surface area (Å²) in [4.78, 5) is 12.9. The molecule has 2 rings (SSSR count). The largest absolute Gasteiger partial charge is 0.324 e. The van der Waals surface area contributed by atoms with Gasteiger partial charge in [0.25, 0.3) is 0 Å². The van der Waals surface area contributed by atoms with Crippen LogP contribution in [0, 0.1) is 20.8 Å². The molecule has 0 saturated carbocycles. The molecule has 0 bridgehead atoms. The number of hydrogen-bond acceptors (Lipinski definition) is 3. The summed E-state index contributed by atoms with van der Waals surface area (Å²) in [7, 11) is -3.79. The van der Waals surface area contributed by atoms with Gasteiger partial charge in [-0.15, -0.1) is 0 Å². The highest BCUT2D eigenvalue weighted by molar-refractivity contribution is 7.92. The van der Waals surface area contributed by atoms with Crippen LogP contribution in [0.15, 0.2) is 30.3 Å². The van der Waals surface area contributed by atoms with Gasteiger partial charge < -0.3 is 5.32 Å². The Labute approximate surface area is 170 Å². The zero-order chi connectivity index (χ0) is 20.5. The van der Waals surface area contributed by atoms with E-state index in [-0.39, 0.29) is 10.7 Å². The van der Waals surface area contributed by atoms with Gasteiger partial charge in [-0.2, -0.15) is 0 Å². The highest BCUT2D eigenvalue weighted by atomic mass is 35.5. The number of carbonyl (C=O) groups is 1. The number of anilines is 2. The smallest absolute Gasteiger partial charge is 0.248 e. The molecule has 0 spiro atoms. The molecule has 0 aromatic heterocycles. The average molecular weight is 429 g/mol. The highest BCUT2D eigenvalue weighted by Gasteiger charge is 2.31. The third-order valence-corrected chi connectivity index (χ3v) is 5.94. The topological polar surface area (TPSA) is 66.5 Å². The Balaban J connectivity index is 2.43. The molecule has 1 amide bonds. The minimum Gasteiger partial charge on any atom is -0.324 e. The summed E-state index contributed by atoms with van der Waals surface area (Å²) >= 11 is 12.2. The summed E-state index contributed by atoms with van der Waals surface area (Å²) in [5, 5.41) is 3.35. The minimum atomic E-state index is -3.79. The first-order valence-corrected chi connectivity index (χ1v) is 10.9. The number of amides is 1. The standard InChI is InChI=1S/C19H22Cl2N2O3S/c1-11-8-12(2)18(13(3)9-11)22-19(24)14(4)23(27(5,25)26)17-10-15(20)6-7-16(17)21/h6-10,14H,1-5H3,(H,22,24)/t14-/m0/s1. The quantitative estimate of drug-likeness (QED) is 0.749. The summed E-state index contributed by atoms with van der Waals surface area (Å²) in [5.74, 6) is -0.466. The summed E-state index contributed by atoms with van der Waals surface area (Å²) in [6, 6.07) is 7.35. The van der Waals surface area contributed by atoms with E-state index in [0.29, 0.717) is 10.7 Å². The molecule has 0 aliphatic carbocycles. The lowest BCUT2D eigenvalue weighted by Gasteiger charge is -2.29. The number of sulfonamides is 1. The van der Waals surface area contributed by atoms with E-state index in [4.69, 9.17) is 23.2 Å². The van der Waals surface area contributed by atoms with Crippen molar-refractivity contribution in [2.24, 2.45) is 0 Å². The second kappa shape index (κ2) is 8.09. The van der Waals surface area contributed by atoms with Crippen molar-refractivity contribution in [3.8, 4) is 0 Å². The van der Waals surface area contributed by atoms with Gasteiger partial charge >= 0.3 is 0 Å². The van der Waals surface area contributed by atoms with Crippen molar-refractivity contribution in [2.45, 2.75) is 33.7 Å². The molecular formula is C19H22Cl2N2O3S. The molecule has 5 nitrogen and oxygen atoms in total. The van der Waals surface area contributed by atoms with E-state index in [1.165, 1.54) is 19.1 Å². The maximum atomic E-state index is 12.9. The van der Waals surface area contributed by atoms with E-state index in [1.807, 2.05) is 32.9 Å². The van der Waals surface area contributed by atoms with Crippen molar-refractivity contribution < 1.29 is 13.2 Å². The Morgan fingerprint density at radius 3 is 2.15 bits per heavy atom. The van der Waals surface area contributed by atoms with Crippen LogP contribution in [0.1, 0.15) is 23.6 Å². The zero-order valence-electron chi connectivity index (χ0n) is 15.8. The Hall–Kier alpha value is -1.76. The summed E-state index contributed by atoms with van der Waals surface area (Å²) < 4.78 is 25.8. The molecule has 0 radical (unpaired) electrons. The lowest BCUT2D eigenvalue weighted by atomic mass is 10.0. The molecule has 1 atom stereocenters. The van der Waals surface area contributed by atoms with E-state index >= 15 is 0 Å². The van der Waals surface area contributed by atoms with E-state index in [9.17, 15) is 13.2 Å². The van der Waals surface area contributed by atoms with Crippen LogP contribution in [-0.4, -0.2) is 26.6 Å².